The molecule has 2 unspecified atom stereocenters. The van der Waals surface area contributed by atoms with Crippen molar-refractivity contribution in [3.63, 3.8) is 0 Å². The topological polar surface area (TPSA) is 29.5 Å². The van der Waals surface area contributed by atoms with Crippen molar-refractivity contribution in [1.29, 1.82) is 0 Å². The molecule has 18 heavy (non-hydrogen) atoms. The molecule has 1 saturated carbocycles. The van der Waals surface area contributed by atoms with Gasteiger partial charge in [0.25, 0.3) is 0 Å². The lowest BCUT2D eigenvalue weighted by Crippen LogP contribution is -2.37. The van der Waals surface area contributed by atoms with Crippen LogP contribution < -0.4 is 0 Å². The molecule has 1 aliphatic rings. The Morgan fingerprint density at radius 3 is 2.28 bits per heavy atom. The Morgan fingerprint density at radius 2 is 1.78 bits per heavy atom. The average Bonchev–Trinajstić information content (AvgIpc) is 2.33. The first-order valence-corrected chi connectivity index (χ1v) is 7.73. The fraction of sp³-hybridized carbons (Fsp3) is 1.00. The van der Waals surface area contributed by atoms with Crippen LogP contribution in [-0.4, -0.2) is 23.9 Å². The molecule has 2 nitrogen and oxygen atoms in total. The van der Waals surface area contributed by atoms with E-state index in [9.17, 15) is 5.11 Å². The highest BCUT2D eigenvalue weighted by atomic mass is 16.5. The Kier molecular flexibility index (Phi) is 6.65. The number of aliphatic hydroxyl groups is 1. The van der Waals surface area contributed by atoms with Gasteiger partial charge < -0.3 is 9.84 Å². The third kappa shape index (κ3) is 5.71. The number of ether oxygens (including phenoxy) is 1. The third-order valence-corrected chi connectivity index (χ3v) is 4.04. The highest BCUT2D eigenvalue weighted by molar-refractivity contribution is 4.81. The van der Waals surface area contributed by atoms with E-state index in [2.05, 4.69) is 20.8 Å². The number of rotatable bonds is 6. The summed E-state index contributed by atoms with van der Waals surface area (Å²) in [5.74, 6) is 0.577. The zero-order valence-electron chi connectivity index (χ0n) is 12.7. The molecule has 0 aromatic carbocycles. The molecule has 0 heterocycles. The Morgan fingerprint density at radius 1 is 1.17 bits per heavy atom. The fourth-order valence-corrected chi connectivity index (χ4v) is 2.96. The van der Waals surface area contributed by atoms with E-state index in [0.717, 1.165) is 12.8 Å². The lowest BCUT2D eigenvalue weighted by atomic mass is 9.80. The van der Waals surface area contributed by atoms with E-state index in [1.807, 2.05) is 6.92 Å². The van der Waals surface area contributed by atoms with Crippen molar-refractivity contribution < 1.29 is 9.84 Å². The van der Waals surface area contributed by atoms with E-state index in [1.54, 1.807) is 0 Å². The maximum absolute atomic E-state index is 10.4. The molecular formula is C16H32O2. The SMILES string of the molecule is CCOC(C(O)CCC(C)(C)C)C1CCCCC1. The summed E-state index contributed by atoms with van der Waals surface area (Å²) in [7, 11) is 0. The molecule has 2 atom stereocenters. The van der Waals surface area contributed by atoms with Crippen LogP contribution in [0.2, 0.25) is 0 Å². The minimum absolute atomic E-state index is 0.0673. The highest BCUT2D eigenvalue weighted by Crippen LogP contribution is 2.32. The Hall–Kier alpha value is -0.0800. The molecule has 0 saturated heterocycles. The summed E-state index contributed by atoms with van der Waals surface area (Å²) in [4.78, 5) is 0. The normalized spacial score (nSPS) is 21.8. The largest absolute Gasteiger partial charge is 0.390 e. The maximum atomic E-state index is 10.4. The zero-order valence-corrected chi connectivity index (χ0v) is 12.7. The Labute approximate surface area is 113 Å². The van der Waals surface area contributed by atoms with Gasteiger partial charge >= 0.3 is 0 Å². The van der Waals surface area contributed by atoms with Crippen molar-refractivity contribution in [3.05, 3.63) is 0 Å². The van der Waals surface area contributed by atoms with Gasteiger partial charge in [-0.3, -0.25) is 0 Å². The summed E-state index contributed by atoms with van der Waals surface area (Å²) in [6, 6.07) is 0. The number of aliphatic hydroxyl groups excluding tert-OH is 1. The number of hydrogen-bond donors (Lipinski definition) is 1. The predicted octanol–water partition coefficient (Wildman–Crippen LogP) is 4.16. The van der Waals surface area contributed by atoms with Crippen molar-refractivity contribution in [2.24, 2.45) is 11.3 Å². The first-order valence-electron chi connectivity index (χ1n) is 7.73. The van der Waals surface area contributed by atoms with Gasteiger partial charge in [-0.05, 0) is 43.9 Å². The molecule has 1 aliphatic carbocycles. The van der Waals surface area contributed by atoms with Crippen LogP contribution in [0.3, 0.4) is 0 Å². The number of hydrogen-bond acceptors (Lipinski definition) is 2. The van der Waals surface area contributed by atoms with Crippen molar-refractivity contribution in [2.45, 2.75) is 84.8 Å². The van der Waals surface area contributed by atoms with E-state index < -0.39 is 0 Å². The summed E-state index contributed by atoms with van der Waals surface area (Å²) in [6.07, 6.45) is 8.14. The molecule has 1 N–H and O–H groups in total. The molecule has 108 valence electrons. The molecule has 0 radical (unpaired) electrons. The van der Waals surface area contributed by atoms with Gasteiger partial charge in [-0.1, -0.05) is 40.0 Å². The van der Waals surface area contributed by atoms with Gasteiger partial charge in [-0.15, -0.1) is 0 Å². The van der Waals surface area contributed by atoms with Crippen LogP contribution in [0.5, 0.6) is 0 Å². The monoisotopic (exact) mass is 256 g/mol. The summed E-state index contributed by atoms with van der Waals surface area (Å²) >= 11 is 0. The fourth-order valence-electron chi connectivity index (χ4n) is 2.96. The molecule has 0 aromatic heterocycles. The Balaban J connectivity index is 2.48. The summed E-state index contributed by atoms with van der Waals surface area (Å²) < 4.78 is 5.86. The molecule has 0 aromatic rings. The molecule has 0 bridgehead atoms. The van der Waals surface area contributed by atoms with Crippen LogP contribution in [0, 0.1) is 11.3 Å². The molecule has 0 amide bonds. The molecule has 1 rings (SSSR count). The molecule has 1 fully saturated rings. The minimum Gasteiger partial charge on any atom is -0.390 e. The van der Waals surface area contributed by atoms with Gasteiger partial charge in [0.05, 0.1) is 12.2 Å². The van der Waals surface area contributed by atoms with Crippen LogP contribution in [0.4, 0.5) is 0 Å². The van der Waals surface area contributed by atoms with E-state index in [1.165, 1.54) is 32.1 Å². The predicted molar refractivity (Wildman–Crippen MR) is 76.7 cm³/mol. The van der Waals surface area contributed by atoms with Gasteiger partial charge in [-0.2, -0.15) is 0 Å². The van der Waals surface area contributed by atoms with E-state index in [0.29, 0.717) is 17.9 Å². The lowest BCUT2D eigenvalue weighted by molar-refractivity contribution is -0.0771. The lowest BCUT2D eigenvalue weighted by Gasteiger charge is -2.34. The van der Waals surface area contributed by atoms with E-state index in [4.69, 9.17) is 4.74 Å². The molecule has 0 spiro atoms. The summed E-state index contributed by atoms with van der Waals surface area (Å²) in [6.45, 7) is 9.45. The van der Waals surface area contributed by atoms with Crippen molar-refractivity contribution in [2.75, 3.05) is 6.61 Å². The summed E-state index contributed by atoms with van der Waals surface area (Å²) in [5.41, 5.74) is 0.296. The molecule has 0 aliphatic heterocycles. The minimum atomic E-state index is -0.285. The van der Waals surface area contributed by atoms with Gasteiger partial charge in [0.15, 0.2) is 0 Å². The second kappa shape index (κ2) is 7.49. The standard InChI is InChI=1S/C16H32O2/c1-5-18-15(13-9-7-6-8-10-13)14(17)11-12-16(2,3)4/h13-15,17H,5-12H2,1-4H3. The third-order valence-electron chi connectivity index (χ3n) is 4.04. The van der Waals surface area contributed by atoms with Gasteiger partial charge in [0, 0.05) is 6.61 Å². The van der Waals surface area contributed by atoms with Crippen molar-refractivity contribution in [3.8, 4) is 0 Å². The van der Waals surface area contributed by atoms with Gasteiger partial charge in [0.2, 0.25) is 0 Å². The highest BCUT2D eigenvalue weighted by Gasteiger charge is 2.30. The quantitative estimate of drug-likeness (QED) is 0.773. The van der Waals surface area contributed by atoms with Gasteiger partial charge in [-0.25, -0.2) is 0 Å². The van der Waals surface area contributed by atoms with Crippen LogP contribution >= 0.6 is 0 Å². The summed E-state index contributed by atoms with van der Waals surface area (Å²) in [5, 5.41) is 10.4. The van der Waals surface area contributed by atoms with Crippen LogP contribution in [0.25, 0.3) is 0 Å². The Bertz CT molecular complexity index is 214. The first kappa shape index (κ1) is 16.0. The van der Waals surface area contributed by atoms with Crippen LogP contribution in [0.15, 0.2) is 0 Å². The first-order chi connectivity index (χ1) is 8.44. The second-order valence-electron chi connectivity index (χ2n) is 6.98. The second-order valence-corrected chi connectivity index (χ2v) is 6.98. The average molecular weight is 256 g/mol. The van der Waals surface area contributed by atoms with Crippen molar-refractivity contribution in [1.82, 2.24) is 0 Å². The smallest absolute Gasteiger partial charge is 0.0861 e. The zero-order chi connectivity index (χ0) is 13.6. The maximum Gasteiger partial charge on any atom is 0.0861 e. The van der Waals surface area contributed by atoms with Crippen LogP contribution in [0.1, 0.15) is 72.6 Å². The van der Waals surface area contributed by atoms with E-state index in [-0.39, 0.29) is 12.2 Å². The molecule has 2 heteroatoms. The van der Waals surface area contributed by atoms with Crippen molar-refractivity contribution >= 4 is 0 Å². The van der Waals surface area contributed by atoms with E-state index >= 15 is 0 Å². The van der Waals surface area contributed by atoms with Crippen LogP contribution in [-0.2, 0) is 4.74 Å². The van der Waals surface area contributed by atoms with Gasteiger partial charge in [0.1, 0.15) is 0 Å². The molecular weight excluding hydrogens is 224 g/mol.